The second kappa shape index (κ2) is 10.4. The molecule has 34 heavy (non-hydrogen) atoms. The van der Waals surface area contributed by atoms with Crippen LogP contribution in [-0.4, -0.2) is 73.3 Å². The largest absolute Gasteiger partial charge is 0.381 e. The van der Waals surface area contributed by atoms with Crippen molar-refractivity contribution in [2.45, 2.75) is 30.2 Å². The Labute approximate surface area is 199 Å². The minimum Gasteiger partial charge on any atom is -0.381 e. The van der Waals surface area contributed by atoms with Crippen LogP contribution >= 0.6 is 11.3 Å². The number of hydrogen-bond donors (Lipinski definition) is 1. The molecule has 0 aliphatic carbocycles. The van der Waals surface area contributed by atoms with E-state index >= 15 is 0 Å². The predicted octanol–water partition coefficient (Wildman–Crippen LogP) is 2.08. The molecule has 4 rings (SSSR count). The molecule has 0 saturated carbocycles. The molecule has 0 radical (unpaired) electrons. The van der Waals surface area contributed by atoms with Gasteiger partial charge in [0.1, 0.15) is 11.9 Å². The first-order valence-electron chi connectivity index (χ1n) is 10.8. The summed E-state index contributed by atoms with van der Waals surface area (Å²) in [6, 6.07) is 3.72. The lowest BCUT2D eigenvalue weighted by molar-refractivity contribution is -0.142. The number of sulfonamides is 1. The van der Waals surface area contributed by atoms with Gasteiger partial charge in [-0.1, -0.05) is 17.4 Å². The number of benzene rings is 1. The number of thiazole rings is 1. The van der Waals surface area contributed by atoms with Gasteiger partial charge in [-0.05, 0) is 43.4 Å². The number of nitrogens with one attached hydrogen (secondary N) is 1. The monoisotopic (exact) mass is 514 g/mol. The average molecular weight is 515 g/mol. The highest BCUT2D eigenvalue weighted by atomic mass is 32.2. The van der Waals surface area contributed by atoms with Crippen molar-refractivity contribution in [3.63, 3.8) is 0 Å². The van der Waals surface area contributed by atoms with Gasteiger partial charge in [0.2, 0.25) is 21.8 Å². The van der Waals surface area contributed by atoms with Gasteiger partial charge in [-0.15, -0.1) is 0 Å². The fraction of sp³-hybridized carbons (Fsp3) is 0.476. The Kier molecular flexibility index (Phi) is 7.55. The standard InChI is InChI=1S/C21H24F2N4O5S2/c22-15-2-1-3-16(11-15)34(30,31)26-6-7-27(19(28)13-26)17(10-14-4-8-32-9-5-14)20(29)25-21-24-12-18(23)33-21/h1-3,11-12,14,17H,4-10,13H2,(H,24,25,29)/t17-/m1/s1. The Morgan fingerprint density at radius 3 is 2.68 bits per heavy atom. The summed E-state index contributed by atoms with van der Waals surface area (Å²) in [5.41, 5.74) is 0. The van der Waals surface area contributed by atoms with Crippen molar-refractivity contribution >= 4 is 38.3 Å². The van der Waals surface area contributed by atoms with Gasteiger partial charge >= 0.3 is 0 Å². The highest BCUT2D eigenvalue weighted by Crippen LogP contribution is 2.27. The maximum absolute atomic E-state index is 13.6. The Hall–Kier alpha value is -2.48. The molecule has 1 N–H and O–H groups in total. The van der Waals surface area contributed by atoms with E-state index in [9.17, 15) is 26.8 Å². The molecule has 0 bridgehead atoms. The average Bonchev–Trinajstić information content (AvgIpc) is 3.22. The summed E-state index contributed by atoms with van der Waals surface area (Å²) < 4.78 is 59.1. The molecule has 2 amide bonds. The molecule has 2 aliphatic rings. The van der Waals surface area contributed by atoms with Gasteiger partial charge in [-0.2, -0.15) is 8.70 Å². The van der Waals surface area contributed by atoms with Crippen LogP contribution in [0.25, 0.3) is 0 Å². The summed E-state index contributed by atoms with van der Waals surface area (Å²) in [6.07, 6.45) is 2.83. The maximum Gasteiger partial charge on any atom is 0.248 e. The summed E-state index contributed by atoms with van der Waals surface area (Å²) in [5, 5.41) is 2.10. The number of piperazine rings is 1. The number of carbonyl (C=O) groups excluding carboxylic acids is 2. The molecule has 3 heterocycles. The van der Waals surface area contributed by atoms with E-state index in [2.05, 4.69) is 10.3 Å². The van der Waals surface area contributed by atoms with Crippen LogP contribution in [0.4, 0.5) is 13.9 Å². The Morgan fingerprint density at radius 2 is 2.03 bits per heavy atom. The van der Waals surface area contributed by atoms with Crippen molar-refractivity contribution < 1.29 is 31.5 Å². The normalized spacial score (nSPS) is 19.2. The molecule has 1 atom stereocenters. The molecule has 1 aromatic carbocycles. The Morgan fingerprint density at radius 1 is 1.26 bits per heavy atom. The third-order valence-electron chi connectivity index (χ3n) is 5.94. The van der Waals surface area contributed by atoms with Crippen LogP contribution in [0.15, 0.2) is 35.4 Å². The van der Waals surface area contributed by atoms with Crippen molar-refractivity contribution in [2.75, 3.05) is 38.2 Å². The molecule has 2 aliphatic heterocycles. The van der Waals surface area contributed by atoms with Crippen molar-refractivity contribution in [1.82, 2.24) is 14.2 Å². The summed E-state index contributed by atoms with van der Waals surface area (Å²) >= 11 is 0.678. The third kappa shape index (κ3) is 5.59. The molecule has 0 spiro atoms. The van der Waals surface area contributed by atoms with Crippen molar-refractivity contribution in [3.05, 3.63) is 41.4 Å². The molecular weight excluding hydrogens is 490 g/mol. The van der Waals surface area contributed by atoms with E-state index in [0.717, 1.165) is 35.5 Å². The van der Waals surface area contributed by atoms with Crippen LogP contribution in [0.1, 0.15) is 19.3 Å². The molecule has 2 fully saturated rings. The lowest BCUT2D eigenvalue weighted by Crippen LogP contribution is -2.58. The van der Waals surface area contributed by atoms with Gasteiger partial charge in [-0.3, -0.25) is 9.59 Å². The highest BCUT2D eigenvalue weighted by molar-refractivity contribution is 7.89. The molecule has 0 unspecified atom stereocenters. The Balaban J connectivity index is 1.51. The summed E-state index contributed by atoms with van der Waals surface area (Å²) in [6.45, 7) is 0.589. The summed E-state index contributed by atoms with van der Waals surface area (Å²) in [7, 11) is -4.08. The van der Waals surface area contributed by atoms with E-state index in [1.54, 1.807) is 0 Å². The van der Waals surface area contributed by atoms with Crippen LogP contribution in [0, 0.1) is 16.9 Å². The van der Waals surface area contributed by atoms with Crippen LogP contribution in [0.5, 0.6) is 0 Å². The zero-order chi connectivity index (χ0) is 24.3. The van der Waals surface area contributed by atoms with Crippen LogP contribution in [0.2, 0.25) is 0 Å². The molecular formula is C21H24F2N4O5S2. The van der Waals surface area contributed by atoms with Crippen LogP contribution in [-0.2, 0) is 24.3 Å². The summed E-state index contributed by atoms with van der Waals surface area (Å²) in [5.74, 6) is -1.60. The van der Waals surface area contributed by atoms with E-state index in [0.29, 0.717) is 31.0 Å². The first kappa shape index (κ1) is 24.6. The van der Waals surface area contributed by atoms with E-state index in [1.807, 2.05) is 0 Å². The molecule has 184 valence electrons. The van der Waals surface area contributed by atoms with Crippen molar-refractivity contribution in [1.29, 1.82) is 0 Å². The van der Waals surface area contributed by atoms with Gasteiger partial charge in [0.15, 0.2) is 10.3 Å². The van der Waals surface area contributed by atoms with Crippen LogP contribution in [0.3, 0.4) is 0 Å². The zero-order valence-corrected chi connectivity index (χ0v) is 19.8. The minimum absolute atomic E-state index is 0.0130. The SMILES string of the molecule is O=C(Nc1ncc(F)s1)[C@@H](CC1CCOCC1)N1CCN(S(=O)(=O)c2cccc(F)c2)CC1=O. The molecule has 1 aromatic heterocycles. The molecule has 13 heteroatoms. The van der Waals surface area contributed by atoms with Gasteiger partial charge in [0, 0.05) is 26.3 Å². The predicted molar refractivity (Wildman–Crippen MR) is 120 cm³/mol. The fourth-order valence-electron chi connectivity index (χ4n) is 4.15. The van der Waals surface area contributed by atoms with E-state index in [4.69, 9.17) is 4.74 Å². The van der Waals surface area contributed by atoms with E-state index < -0.39 is 45.4 Å². The Bertz CT molecular complexity index is 1150. The highest BCUT2D eigenvalue weighted by Gasteiger charge is 2.39. The zero-order valence-electron chi connectivity index (χ0n) is 18.2. The number of hydrogen-bond acceptors (Lipinski definition) is 7. The third-order valence-corrected chi connectivity index (χ3v) is 8.48. The number of rotatable bonds is 7. The quantitative estimate of drug-likeness (QED) is 0.606. The second-order valence-corrected chi connectivity index (χ2v) is 11.1. The number of carbonyl (C=O) groups is 2. The first-order chi connectivity index (χ1) is 16.2. The minimum atomic E-state index is -4.08. The van der Waals surface area contributed by atoms with E-state index in [-0.39, 0.29) is 29.0 Å². The van der Waals surface area contributed by atoms with Crippen LogP contribution < -0.4 is 5.32 Å². The lowest BCUT2D eigenvalue weighted by atomic mass is 9.91. The first-order valence-corrected chi connectivity index (χ1v) is 13.0. The lowest BCUT2D eigenvalue weighted by Gasteiger charge is -2.39. The number of aromatic nitrogens is 1. The fourth-order valence-corrected chi connectivity index (χ4v) is 6.11. The number of ether oxygens (including phenoxy) is 1. The van der Waals surface area contributed by atoms with Gasteiger partial charge in [0.05, 0.1) is 17.6 Å². The number of anilines is 1. The van der Waals surface area contributed by atoms with Crippen molar-refractivity contribution in [2.24, 2.45) is 5.92 Å². The number of halogens is 2. The van der Waals surface area contributed by atoms with Crippen molar-refractivity contribution in [3.8, 4) is 0 Å². The summed E-state index contributed by atoms with van der Waals surface area (Å²) in [4.78, 5) is 31.1. The van der Waals surface area contributed by atoms with E-state index in [1.165, 1.54) is 17.0 Å². The van der Waals surface area contributed by atoms with Gasteiger partial charge in [0.25, 0.3) is 0 Å². The number of amides is 2. The van der Waals surface area contributed by atoms with Gasteiger partial charge < -0.3 is 15.0 Å². The smallest absolute Gasteiger partial charge is 0.248 e. The van der Waals surface area contributed by atoms with Gasteiger partial charge in [-0.25, -0.2) is 17.8 Å². The molecule has 2 saturated heterocycles. The molecule has 2 aromatic rings. The maximum atomic E-state index is 13.6. The number of nitrogens with zero attached hydrogens (tertiary/aromatic N) is 3. The second-order valence-electron chi connectivity index (χ2n) is 8.15. The topological polar surface area (TPSA) is 109 Å². The molecule has 9 nitrogen and oxygen atoms in total.